The molecule has 0 unspecified atom stereocenters. The quantitative estimate of drug-likeness (QED) is 0.552. The molecule has 2 aromatic carbocycles. The fourth-order valence-corrected chi connectivity index (χ4v) is 5.13. The third-order valence-electron chi connectivity index (χ3n) is 6.82. The van der Waals surface area contributed by atoms with Crippen molar-refractivity contribution in [1.82, 2.24) is 20.0 Å². The Bertz CT molecular complexity index is 1170. The second-order valence-electron chi connectivity index (χ2n) is 9.21. The number of halogens is 1. The van der Waals surface area contributed by atoms with Gasteiger partial charge in [0.25, 0.3) is 5.91 Å². The van der Waals surface area contributed by atoms with Crippen LogP contribution in [-0.4, -0.2) is 78.0 Å². The molecule has 2 atom stereocenters. The van der Waals surface area contributed by atoms with Crippen LogP contribution in [0.2, 0.25) is 5.02 Å². The number of ether oxygens (including phenoxy) is 1. The highest BCUT2D eigenvalue weighted by Gasteiger charge is 2.39. The lowest BCUT2D eigenvalue weighted by Gasteiger charge is -2.43. The van der Waals surface area contributed by atoms with Gasteiger partial charge in [-0.15, -0.1) is 0 Å². The van der Waals surface area contributed by atoms with E-state index in [2.05, 4.69) is 10.2 Å². The van der Waals surface area contributed by atoms with Crippen LogP contribution in [-0.2, 0) is 9.53 Å². The predicted molar refractivity (Wildman–Crippen MR) is 142 cm³/mol. The summed E-state index contributed by atoms with van der Waals surface area (Å²) < 4.78 is 5.45. The molecule has 0 spiro atoms. The number of hydrogen-bond donors (Lipinski definition) is 1. The number of likely N-dealkylation sites (N-methyl/N-ethyl adjacent to an activating group) is 1. The molecule has 9 heteroatoms. The average Bonchev–Trinajstić information content (AvgIpc) is 2.89. The van der Waals surface area contributed by atoms with E-state index in [0.29, 0.717) is 54.6 Å². The first-order valence-electron chi connectivity index (χ1n) is 12.7. The van der Waals surface area contributed by atoms with Gasteiger partial charge < -0.3 is 15.0 Å². The number of carbonyl (C=O) groups excluding carboxylic acids is 3. The summed E-state index contributed by atoms with van der Waals surface area (Å²) in [6, 6.07) is 15.4. The Morgan fingerprint density at radius 3 is 2.38 bits per heavy atom. The Labute approximate surface area is 222 Å². The molecule has 0 bridgehead atoms. The zero-order valence-electron chi connectivity index (χ0n) is 21.4. The molecule has 3 amide bonds. The Morgan fingerprint density at radius 2 is 1.76 bits per heavy atom. The van der Waals surface area contributed by atoms with Gasteiger partial charge in [-0.25, -0.2) is 9.59 Å². The number of nitrogens with zero attached hydrogens (tertiary/aromatic N) is 3. The summed E-state index contributed by atoms with van der Waals surface area (Å²) in [4.78, 5) is 45.1. The minimum Gasteiger partial charge on any atom is -0.463 e. The first-order valence-corrected chi connectivity index (χ1v) is 13.0. The molecule has 2 aromatic rings. The summed E-state index contributed by atoms with van der Waals surface area (Å²) in [6.45, 7) is 8.46. The largest absolute Gasteiger partial charge is 0.463 e. The van der Waals surface area contributed by atoms with E-state index in [9.17, 15) is 14.4 Å². The van der Waals surface area contributed by atoms with Gasteiger partial charge in [-0.2, -0.15) is 0 Å². The molecule has 4 rings (SSSR count). The molecular weight excluding hydrogens is 492 g/mol. The van der Waals surface area contributed by atoms with E-state index in [0.717, 1.165) is 5.56 Å². The van der Waals surface area contributed by atoms with Crippen molar-refractivity contribution in [1.29, 1.82) is 0 Å². The molecule has 2 heterocycles. The topological polar surface area (TPSA) is 82.2 Å². The van der Waals surface area contributed by atoms with E-state index in [4.69, 9.17) is 16.3 Å². The first kappa shape index (κ1) is 26.7. The maximum absolute atomic E-state index is 13.3. The van der Waals surface area contributed by atoms with Crippen LogP contribution in [0.3, 0.4) is 0 Å². The average molecular weight is 525 g/mol. The molecule has 196 valence electrons. The number of rotatable bonds is 7. The van der Waals surface area contributed by atoms with Crippen LogP contribution in [0.25, 0.3) is 0 Å². The Hall–Kier alpha value is -3.36. The monoisotopic (exact) mass is 524 g/mol. The van der Waals surface area contributed by atoms with Crippen LogP contribution in [0.1, 0.15) is 42.7 Å². The standard InChI is InChI=1S/C28H33ClN4O4/c1-4-32-23(18-31-15-16-33(19(3)17-31)26(34)21-9-7-6-8-10-21)24(27(35)37-5-2)25(30-28(32)36)20-11-13-22(29)14-12-20/h6-14,19,25H,4-5,15-18H2,1-3H3,(H,30,36)/t19-,25+/m0/s1. The lowest BCUT2D eigenvalue weighted by atomic mass is 9.94. The van der Waals surface area contributed by atoms with Crippen LogP contribution >= 0.6 is 11.6 Å². The predicted octanol–water partition coefficient (Wildman–Crippen LogP) is 4.09. The number of amides is 3. The number of benzene rings is 2. The SMILES string of the molecule is CCOC(=O)C1=C(CN2CCN(C(=O)c3ccccc3)[C@@H](C)C2)N(CC)C(=O)N[C@@H]1c1ccc(Cl)cc1. The molecule has 0 saturated carbocycles. The van der Waals surface area contributed by atoms with Crippen molar-refractivity contribution < 1.29 is 19.1 Å². The molecule has 1 saturated heterocycles. The number of urea groups is 1. The van der Waals surface area contributed by atoms with E-state index in [-0.39, 0.29) is 24.6 Å². The highest BCUT2D eigenvalue weighted by molar-refractivity contribution is 6.30. The smallest absolute Gasteiger partial charge is 0.338 e. The summed E-state index contributed by atoms with van der Waals surface area (Å²) in [5.41, 5.74) is 2.46. The van der Waals surface area contributed by atoms with Crippen molar-refractivity contribution in [3.8, 4) is 0 Å². The van der Waals surface area contributed by atoms with E-state index in [1.165, 1.54) is 0 Å². The van der Waals surface area contributed by atoms with Crippen LogP contribution in [0.5, 0.6) is 0 Å². The molecule has 0 aromatic heterocycles. The van der Waals surface area contributed by atoms with E-state index in [1.54, 1.807) is 24.0 Å². The minimum absolute atomic E-state index is 0.00853. The fraction of sp³-hybridized carbons (Fsp3) is 0.393. The van der Waals surface area contributed by atoms with Crippen molar-refractivity contribution in [2.45, 2.75) is 32.9 Å². The fourth-order valence-electron chi connectivity index (χ4n) is 5.00. The van der Waals surface area contributed by atoms with Crippen molar-refractivity contribution in [2.75, 3.05) is 39.3 Å². The molecule has 2 aliphatic rings. The summed E-state index contributed by atoms with van der Waals surface area (Å²) in [7, 11) is 0. The Morgan fingerprint density at radius 1 is 1.05 bits per heavy atom. The summed E-state index contributed by atoms with van der Waals surface area (Å²) >= 11 is 6.08. The Balaban J connectivity index is 1.63. The van der Waals surface area contributed by atoms with Crippen LogP contribution < -0.4 is 5.32 Å². The molecule has 2 aliphatic heterocycles. The van der Waals surface area contributed by atoms with E-state index in [1.807, 2.05) is 61.2 Å². The minimum atomic E-state index is -0.653. The number of nitrogens with one attached hydrogen (secondary N) is 1. The Kier molecular flexibility index (Phi) is 8.51. The van der Waals surface area contributed by atoms with Gasteiger partial charge in [0.2, 0.25) is 0 Å². The van der Waals surface area contributed by atoms with Crippen molar-refractivity contribution >= 4 is 29.5 Å². The number of hydrogen-bond acceptors (Lipinski definition) is 5. The molecule has 1 fully saturated rings. The summed E-state index contributed by atoms with van der Waals surface area (Å²) in [6.07, 6.45) is 0. The molecule has 0 aliphatic carbocycles. The highest BCUT2D eigenvalue weighted by atomic mass is 35.5. The second kappa shape index (κ2) is 11.8. The van der Waals surface area contributed by atoms with Gasteiger partial charge in [0.15, 0.2) is 0 Å². The van der Waals surface area contributed by atoms with Crippen molar-refractivity contribution in [2.24, 2.45) is 0 Å². The maximum atomic E-state index is 13.3. The van der Waals surface area contributed by atoms with Gasteiger partial charge in [0, 0.05) is 55.0 Å². The van der Waals surface area contributed by atoms with Gasteiger partial charge in [-0.3, -0.25) is 14.6 Å². The number of carbonyl (C=O) groups is 3. The van der Waals surface area contributed by atoms with Gasteiger partial charge in [-0.1, -0.05) is 41.9 Å². The summed E-state index contributed by atoms with van der Waals surface area (Å²) in [5, 5.41) is 3.54. The van der Waals surface area contributed by atoms with Gasteiger partial charge in [-0.05, 0) is 50.6 Å². The van der Waals surface area contributed by atoms with E-state index < -0.39 is 12.0 Å². The lowest BCUT2D eigenvalue weighted by Crippen LogP contribution is -2.56. The number of piperazine rings is 1. The van der Waals surface area contributed by atoms with Crippen molar-refractivity contribution in [3.63, 3.8) is 0 Å². The highest BCUT2D eigenvalue weighted by Crippen LogP contribution is 2.33. The zero-order chi connectivity index (χ0) is 26.5. The molecule has 1 N–H and O–H groups in total. The normalized spacial score (nSPS) is 20.6. The van der Waals surface area contributed by atoms with Crippen molar-refractivity contribution in [3.05, 3.63) is 82.0 Å². The van der Waals surface area contributed by atoms with Crippen LogP contribution in [0.4, 0.5) is 4.79 Å². The number of esters is 1. The van der Waals surface area contributed by atoms with Crippen LogP contribution in [0, 0.1) is 0 Å². The molecular formula is C28H33ClN4O4. The maximum Gasteiger partial charge on any atom is 0.338 e. The molecule has 0 radical (unpaired) electrons. The third kappa shape index (κ3) is 5.81. The molecule has 37 heavy (non-hydrogen) atoms. The lowest BCUT2D eigenvalue weighted by molar-refractivity contribution is -0.139. The second-order valence-corrected chi connectivity index (χ2v) is 9.64. The van der Waals surface area contributed by atoms with Gasteiger partial charge in [0.05, 0.1) is 18.2 Å². The van der Waals surface area contributed by atoms with Gasteiger partial charge >= 0.3 is 12.0 Å². The van der Waals surface area contributed by atoms with E-state index >= 15 is 0 Å². The third-order valence-corrected chi connectivity index (χ3v) is 7.07. The van der Waals surface area contributed by atoms with Crippen LogP contribution in [0.15, 0.2) is 65.9 Å². The zero-order valence-corrected chi connectivity index (χ0v) is 22.2. The molecule has 8 nitrogen and oxygen atoms in total. The summed E-state index contributed by atoms with van der Waals surface area (Å²) in [5.74, 6) is -0.448. The first-order chi connectivity index (χ1) is 17.8. The van der Waals surface area contributed by atoms with Gasteiger partial charge in [0.1, 0.15) is 0 Å².